The third-order valence-corrected chi connectivity index (χ3v) is 3.29. The SMILES string of the molecule is CC(C(=O)O)=C(C1CCCCCC1)C(F)(F)F. The molecule has 1 N–H and O–H groups in total. The second-order valence-electron chi connectivity index (χ2n) is 4.53. The van der Waals surface area contributed by atoms with Gasteiger partial charge in [-0.3, -0.25) is 0 Å². The molecule has 0 atom stereocenters. The van der Waals surface area contributed by atoms with Crippen molar-refractivity contribution in [3.63, 3.8) is 0 Å². The molecule has 2 nitrogen and oxygen atoms in total. The highest BCUT2D eigenvalue weighted by Gasteiger charge is 2.41. The first-order valence-electron chi connectivity index (χ1n) is 5.85. The van der Waals surface area contributed by atoms with Crippen molar-refractivity contribution in [3.05, 3.63) is 11.1 Å². The zero-order valence-corrected chi connectivity index (χ0v) is 9.81. The van der Waals surface area contributed by atoms with Crippen LogP contribution in [0.4, 0.5) is 13.2 Å². The van der Waals surface area contributed by atoms with Crippen molar-refractivity contribution in [1.82, 2.24) is 0 Å². The Bertz CT molecular complexity index is 310. The van der Waals surface area contributed by atoms with Crippen molar-refractivity contribution >= 4 is 5.97 Å². The number of halogens is 3. The van der Waals surface area contributed by atoms with Crippen LogP contribution < -0.4 is 0 Å². The molecule has 0 aromatic heterocycles. The summed E-state index contributed by atoms with van der Waals surface area (Å²) in [6.07, 6.45) is -0.272. The first kappa shape index (κ1) is 14.1. The van der Waals surface area contributed by atoms with Crippen LogP contribution >= 0.6 is 0 Å². The van der Waals surface area contributed by atoms with E-state index in [1.165, 1.54) is 0 Å². The Hall–Kier alpha value is -1.00. The van der Waals surface area contributed by atoms with Crippen molar-refractivity contribution in [3.8, 4) is 0 Å². The molecular formula is C12H17F3O2. The van der Waals surface area contributed by atoms with Crippen LogP contribution in [0.3, 0.4) is 0 Å². The molecule has 0 spiro atoms. The smallest absolute Gasteiger partial charge is 0.413 e. The average Bonchev–Trinajstić information content (AvgIpc) is 2.44. The fourth-order valence-corrected chi connectivity index (χ4v) is 2.43. The number of carbonyl (C=O) groups is 1. The minimum absolute atomic E-state index is 0.444. The molecule has 1 aliphatic rings. The number of hydrogen-bond donors (Lipinski definition) is 1. The van der Waals surface area contributed by atoms with E-state index in [1.54, 1.807) is 0 Å². The van der Waals surface area contributed by atoms with Crippen LogP contribution in [0.2, 0.25) is 0 Å². The fraction of sp³-hybridized carbons (Fsp3) is 0.750. The maximum absolute atomic E-state index is 12.9. The second-order valence-corrected chi connectivity index (χ2v) is 4.53. The van der Waals surface area contributed by atoms with Crippen LogP contribution in [0, 0.1) is 5.92 Å². The van der Waals surface area contributed by atoms with E-state index in [-0.39, 0.29) is 0 Å². The van der Waals surface area contributed by atoms with Gasteiger partial charge in [-0.05, 0) is 25.7 Å². The molecule has 0 heterocycles. The number of alkyl halides is 3. The Balaban J connectivity index is 3.06. The molecule has 1 aliphatic carbocycles. The Kier molecular flexibility index (Phi) is 4.60. The molecule has 17 heavy (non-hydrogen) atoms. The van der Waals surface area contributed by atoms with Crippen LogP contribution in [-0.4, -0.2) is 17.3 Å². The van der Waals surface area contributed by atoms with Gasteiger partial charge < -0.3 is 5.11 Å². The number of aliphatic carboxylic acids is 1. The fourth-order valence-electron chi connectivity index (χ4n) is 2.43. The topological polar surface area (TPSA) is 37.3 Å². The van der Waals surface area contributed by atoms with E-state index in [4.69, 9.17) is 5.11 Å². The maximum atomic E-state index is 12.9. The van der Waals surface area contributed by atoms with Crippen molar-refractivity contribution in [2.75, 3.05) is 0 Å². The van der Waals surface area contributed by atoms with Crippen molar-refractivity contribution in [1.29, 1.82) is 0 Å². The summed E-state index contributed by atoms with van der Waals surface area (Å²) >= 11 is 0. The third kappa shape index (κ3) is 3.75. The minimum atomic E-state index is -4.53. The van der Waals surface area contributed by atoms with Gasteiger partial charge >= 0.3 is 12.1 Å². The molecule has 0 radical (unpaired) electrons. The second kappa shape index (κ2) is 5.56. The van der Waals surface area contributed by atoms with Crippen LogP contribution in [0.1, 0.15) is 45.4 Å². The Labute approximate surface area is 98.5 Å². The number of allylic oxidation sites excluding steroid dienone is 1. The summed E-state index contributed by atoms with van der Waals surface area (Å²) in [6, 6.07) is 0. The molecule has 5 heteroatoms. The van der Waals surface area contributed by atoms with Gasteiger partial charge in [0, 0.05) is 11.1 Å². The van der Waals surface area contributed by atoms with Crippen molar-refractivity contribution in [2.45, 2.75) is 51.6 Å². The molecule has 98 valence electrons. The summed E-state index contributed by atoms with van der Waals surface area (Å²) in [5.74, 6) is -2.12. The highest BCUT2D eigenvalue weighted by Crippen LogP contribution is 2.40. The van der Waals surface area contributed by atoms with Crippen LogP contribution in [0.25, 0.3) is 0 Å². The Morgan fingerprint density at radius 3 is 1.94 bits per heavy atom. The average molecular weight is 250 g/mol. The van der Waals surface area contributed by atoms with Gasteiger partial charge in [0.05, 0.1) is 0 Å². The normalized spacial score (nSPS) is 20.7. The lowest BCUT2D eigenvalue weighted by molar-refractivity contribution is -0.134. The molecule has 0 bridgehead atoms. The maximum Gasteiger partial charge on any atom is 0.413 e. The lowest BCUT2D eigenvalue weighted by Crippen LogP contribution is -2.23. The number of carboxylic acids is 1. The number of carboxylic acid groups (broad SMARTS) is 1. The van der Waals surface area contributed by atoms with Gasteiger partial charge in [-0.1, -0.05) is 25.7 Å². The van der Waals surface area contributed by atoms with E-state index >= 15 is 0 Å². The molecule has 0 aliphatic heterocycles. The van der Waals surface area contributed by atoms with Crippen LogP contribution in [-0.2, 0) is 4.79 Å². The van der Waals surface area contributed by atoms with Crippen molar-refractivity contribution < 1.29 is 23.1 Å². The molecule has 1 fully saturated rings. The largest absolute Gasteiger partial charge is 0.478 e. The van der Waals surface area contributed by atoms with Gasteiger partial charge in [0.2, 0.25) is 0 Å². The Morgan fingerprint density at radius 2 is 1.59 bits per heavy atom. The predicted octanol–water partition coefficient (Wildman–Crippen LogP) is 3.92. The monoisotopic (exact) mass is 250 g/mol. The summed E-state index contributed by atoms with van der Waals surface area (Å²) in [4.78, 5) is 10.8. The Morgan fingerprint density at radius 1 is 1.12 bits per heavy atom. The number of hydrogen-bond acceptors (Lipinski definition) is 1. The highest BCUT2D eigenvalue weighted by atomic mass is 19.4. The minimum Gasteiger partial charge on any atom is -0.478 e. The van der Waals surface area contributed by atoms with Crippen molar-refractivity contribution in [2.24, 2.45) is 5.92 Å². The van der Waals surface area contributed by atoms with Gasteiger partial charge in [0.15, 0.2) is 0 Å². The van der Waals surface area contributed by atoms with E-state index in [0.717, 1.165) is 32.6 Å². The lowest BCUT2D eigenvalue weighted by Gasteiger charge is -2.22. The van der Waals surface area contributed by atoms with Gasteiger partial charge in [-0.15, -0.1) is 0 Å². The zero-order chi connectivity index (χ0) is 13.1. The quantitative estimate of drug-likeness (QED) is 0.595. The molecule has 0 aromatic carbocycles. The predicted molar refractivity (Wildman–Crippen MR) is 57.6 cm³/mol. The molecule has 1 rings (SSSR count). The van der Waals surface area contributed by atoms with Gasteiger partial charge in [0.25, 0.3) is 0 Å². The highest BCUT2D eigenvalue weighted by molar-refractivity contribution is 5.87. The number of rotatable bonds is 2. The molecule has 0 saturated heterocycles. The molecule has 0 amide bonds. The van der Waals surface area contributed by atoms with E-state index < -0.39 is 29.2 Å². The molecule has 0 aromatic rings. The van der Waals surface area contributed by atoms with E-state index in [1.807, 2.05) is 0 Å². The summed E-state index contributed by atoms with van der Waals surface area (Å²) in [5.41, 5.74) is -1.38. The van der Waals surface area contributed by atoms with E-state index in [9.17, 15) is 18.0 Å². The molecule has 0 unspecified atom stereocenters. The van der Waals surface area contributed by atoms with Gasteiger partial charge in [0.1, 0.15) is 0 Å². The molecule has 1 saturated carbocycles. The summed E-state index contributed by atoms with van der Waals surface area (Å²) in [7, 11) is 0. The summed E-state index contributed by atoms with van der Waals surface area (Å²) in [6.45, 7) is 1.05. The zero-order valence-electron chi connectivity index (χ0n) is 9.81. The van der Waals surface area contributed by atoms with Gasteiger partial charge in [-0.25, -0.2) is 4.79 Å². The molecular weight excluding hydrogens is 233 g/mol. The standard InChI is InChI=1S/C12H17F3O2/c1-8(11(16)17)10(12(13,14)15)9-6-4-2-3-5-7-9/h9H,2-7H2,1H3,(H,16,17). The summed E-state index contributed by atoms with van der Waals surface area (Å²) < 4.78 is 38.8. The van der Waals surface area contributed by atoms with Gasteiger partial charge in [-0.2, -0.15) is 13.2 Å². The van der Waals surface area contributed by atoms with Crippen LogP contribution in [0.15, 0.2) is 11.1 Å². The first-order valence-corrected chi connectivity index (χ1v) is 5.85. The first-order chi connectivity index (χ1) is 7.84. The summed E-state index contributed by atoms with van der Waals surface area (Å²) in [5, 5.41) is 8.76. The lowest BCUT2D eigenvalue weighted by atomic mass is 9.88. The third-order valence-electron chi connectivity index (χ3n) is 3.29. The van der Waals surface area contributed by atoms with E-state index in [0.29, 0.717) is 12.8 Å². The van der Waals surface area contributed by atoms with E-state index in [2.05, 4.69) is 0 Å². The van der Waals surface area contributed by atoms with Crippen LogP contribution in [0.5, 0.6) is 0 Å².